The number of urea groups is 1. The lowest BCUT2D eigenvalue weighted by atomic mass is 10.0. The second kappa shape index (κ2) is 3.75. The zero-order chi connectivity index (χ0) is 10.9. The molecule has 6 nitrogen and oxygen atoms in total. The molecule has 0 aromatic heterocycles. The molecule has 0 unspecified atom stereocenters. The summed E-state index contributed by atoms with van der Waals surface area (Å²) in [6.07, 6.45) is 0.277. The van der Waals surface area contributed by atoms with E-state index in [0.717, 1.165) is 9.80 Å². The molecule has 1 heterocycles. The van der Waals surface area contributed by atoms with Crippen LogP contribution in [0.1, 0.15) is 6.42 Å². The van der Waals surface area contributed by atoms with E-state index in [1.807, 2.05) is 0 Å². The van der Waals surface area contributed by atoms with Gasteiger partial charge in [0.2, 0.25) is 11.8 Å². The highest BCUT2D eigenvalue weighted by molar-refractivity contribution is 6.15. The van der Waals surface area contributed by atoms with Crippen molar-refractivity contribution in [2.24, 2.45) is 11.7 Å². The lowest BCUT2D eigenvalue weighted by molar-refractivity contribution is -0.147. The molecule has 4 amide bonds. The van der Waals surface area contributed by atoms with E-state index < -0.39 is 23.8 Å². The number of carbonyl (C=O) groups is 3. The van der Waals surface area contributed by atoms with Crippen LogP contribution >= 0.6 is 0 Å². The molecule has 1 rings (SSSR count). The number of nitrogens with two attached hydrogens (primary N) is 1. The predicted molar refractivity (Wildman–Crippen MR) is 48.1 cm³/mol. The molecule has 0 radical (unpaired) electrons. The maximum Gasteiger partial charge on any atom is 0.332 e. The second-order valence-corrected chi connectivity index (χ2v) is 3.21. The van der Waals surface area contributed by atoms with E-state index in [4.69, 9.17) is 5.73 Å². The molecule has 1 aliphatic heterocycles. The van der Waals surface area contributed by atoms with Crippen LogP contribution in [0.2, 0.25) is 0 Å². The van der Waals surface area contributed by atoms with Crippen LogP contribution in [0.4, 0.5) is 4.79 Å². The van der Waals surface area contributed by atoms with Gasteiger partial charge in [-0.25, -0.2) is 4.79 Å². The first kappa shape index (κ1) is 10.6. The van der Waals surface area contributed by atoms with Gasteiger partial charge in [0.25, 0.3) is 0 Å². The largest absolute Gasteiger partial charge is 0.332 e. The number of imide groups is 2. The summed E-state index contributed by atoms with van der Waals surface area (Å²) < 4.78 is 0. The minimum absolute atomic E-state index is 0.248. The molecular formula is C8H13N3O3. The molecule has 0 aromatic carbocycles. The Hall–Kier alpha value is -1.43. The van der Waals surface area contributed by atoms with E-state index in [1.54, 1.807) is 0 Å². The van der Waals surface area contributed by atoms with Crippen molar-refractivity contribution in [1.29, 1.82) is 0 Å². The van der Waals surface area contributed by atoms with Gasteiger partial charge in [-0.05, 0) is 13.0 Å². The van der Waals surface area contributed by atoms with Crippen LogP contribution in [-0.4, -0.2) is 48.3 Å². The Balaban J connectivity index is 2.92. The Labute approximate surface area is 81.6 Å². The lowest BCUT2D eigenvalue weighted by Gasteiger charge is -2.32. The number of hydrogen-bond donors (Lipinski definition) is 1. The van der Waals surface area contributed by atoms with Crippen molar-refractivity contribution in [3.63, 3.8) is 0 Å². The molecule has 2 N–H and O–H groups in total. The zero-order valence-corrected chi connectivity index (χ0v) is 8.19. The molecule has 0 aromatic rings. The fourth-order valence-electron chi connectivity index (χ4n) is 1.40. The Morgan fingerprint density at radius 3 is 1.93 bits per heavy atom. The van der Waals surface area contributed by atoms with Gasteiger partial charge in [-0.1, -0.05) is 0 Å². The molecule has 0 aliphatic carbocycles. The van der Waals surface area contributed by atoms with E-state index >= 15 is 0 Å². The second-order valence-electron chi connectivity index (χ2n) is 3.21. The first-order valence-corrected chi connectivity index (χ1v) is 4.30. The number of hydrogen-bond acceptors (Lipinski definition) is 4. The van der Waals surface area contributed by atoms with Gasteiger partial charge >= 0.3 is 6.03 Å². The summed E-state index contributed by atoms with van der Waals surface area (Å²) in [4.78, 5) is 36.1. The van der Waals surface area contributed by atoms with E-state index in [0.29, 0.717) is 0 Å². The van der Waals surface area contributed by atoms with Gasteiger partial charge in [-0.3, -0.25) is 19.4 Å². The highest BCUT2D eigenvalue weighted by Gasteiger charge is 2.41. The molecule has 78 valence electrons. The Morgan fingerprint density at radius 2 is 1.57 bits per heavy atom. The molecule has 0 bridgehead atoms. The van der Waals surface area contributed by atoms with Crippen molar-refractivity contribution < 1.29 is 14.4 Å². The van der Waals surface area contributed by atoms with E-state index in [1.165, 1.54) is 14.1 Å². The van der Waals surface area contributed by atoms with Gasteiger partial charge in [0, 0.05) is 14.1 Å². The fourth-order valence-corrected chi connectivity index (χ4v) is 1.40. The van der Waals surface area contributed by atoms with Crippen LogP contribution in [0.15, 0.2) is 0 Å². The van der Waals surface area contributed by atoms with Crippen molar-refractivity contribution in [2.45, 2.75) is 6.42 Å². The minimum Gasteiger partial charge on any atom is -0.330 e. The first-order chi connectivity index (χ1) is 6.50. The third-order valence-electron chi connectivity index (χ3n) is 2.29. The summed E-state index contributed by atoms with van der Waals surface area (Å²) in [5.41, 5.74) is 5.28. The zero-order valence-electron chi connectivity index (χ0n) is 8.19. The molecular weight excluding hydrogens is 186 g/mol. The molecule has 0 atom stereocenters. The summed E-state index contributed by atoms with van der Waals surface area (Å²) in [5.74, 6) is -1.74. The SMILES string of the molecule is CN1C(=O)C(CCN)C(=O)N(C)C1=O. The summed E-state index contributed by atoms with van der Waals surface area (Å²) in [7, 11) is 2.72. The maximum absolute atomic E-state index is 11.5. The number of nitrogens with zero attached hydrogens (tertiary/aromatic N) is 2. The first-order valence-electron chi connectivity index (χ1n) is 4.30. The van der Waals surface area contributed by atoms with Gasteiger partial charge < -0.3 is 5.73 Å². The van der Waals surface area contributed by atoms with Crippen LogP contribution < -0.4 is 5.73 Å². The minimum atomic E-state index is -0.798. The van der Waals surface area contributed by atoms with Crippen LogP contribution in [0, 0.1) is 5.92 Å². The van der Waals surface area contributed by atoms with Gasteiger partial charge in [-0.15, -0.1) is 0 Å². The van der Waals surface area contributed by atoms with Crippen LogP contribution in [-0.2, 0) is 9.59 Å². The molecule has 0 saturated carbocycles. The molecule has 1 saturated heterocycles. The van der Waals surface area contributed by atoms with Crippen molar-refractivity contribution in [2.75, 3.05) is 20.6 Å². The van der Waals surface area contributed by atoms with Crippen LogP contribution in [0.3, 0.4) is 0 Å². The Morgan fingerprint density at radius 1 is 1.14 bits per heavy atom. The molecule has 14 heavy (non-hydrogen) atoms. The highest BCUT2D eigenvalue weighted by atomic mass is 16.2. The summed E-state index contributed by atoms with van der Waals surface area (Å²) in [6, 6.07) is -0.590. The predicted octanol–water partition coefficient (Wildman–Crippen LogP) is -0.998. The van der Waals surface area contributed by atoms with Crippen LogP contribution in [0.25, 0.3) is 0 Å². The highest BCUT2D eigenvalue weighted by Crippen LogP contribution is 2.17. The maximum atomic E-state index is 11.5. The van der Waals surface area contributed by atoms with Gasteiger partial charge in [0.1, 0.15) is 5.92 Å². The average molecular weight is 199 g/mol. The smallest absolute Gasteiger partial charge is 0.330 e. The lowest BCUT2D eigenvalue weighted by Crippen LogP contribution is -2.57. The number of carbonyl (C=O) groups excluding carboxylic acids is 3. The summed E-state index contributed by atoms with van der Waals surface area (Å²) in [5, 5.41) is 0. The summed E-state index contributed by atoms with van der Waals surface area (Å²) in [6.45, 7) is 0.248. The topological polar surface area (TPSA) is 83.7 Å². The fraction of sp³-hybridized carbons (Fsp3) is 0.625. The third-order valence-corrected chi connectivity index (χ3v) is 2.29. The van der Waals surface area contributed by atoms with Gasteiger partial charge in [-0.2, -0.15) is 0 Å². The number of amides is 4. The number of barbiturate groups is 1. The van der Waals surface area contributed by atoms with Gasteiger partial charge in [0.05, 0.1) is 0 Å². The Bertz CT molecular complexity index is 266. The van der Waals surface area contributed by atoms with Crippen LogP contribution in [0.5, 0.6) is 0 Å². The third kappa shape index (κ3) is 1.48. The van der Waals surface area contributed by atoms with Crippen molar-refractivity contribution >= 4 is 17.8 Å². The van der Waals surface area contributed by atoms with Crippen molar-refractivity contribution in [3.05, 3.63) is 0 Å². The Kier molecular flexibility index (Phi) is 2.85. The van der Waals surface area contributed by atoms with E-state index in [2.05, 4.69) is 0 Å². The molecule has 6 heteroatoms. The summed E-state index contributed by atoms with van der Waals surface area (Å²) >= 11 is 0. The molecule has 1 fully saturated rings. The quantitative estimate of drug-likeness (QED) is 0.578. The van der Waals surface area contributed by atoms with E-state index in [-0.39, 0.29) is 13.0 Å². The number of rotatable bonds is 2. The van der Waals surface area contributed by atoms with Crippen molar-refractivity contribution in [3.8, 4) is 0 Å². The average Bonchev–Trinajstić information content (AvgIpc) is 2.19. The van der Waals surface area contributed by atoms with Crippen molar-refractivity contribution in [1.82, 2.24) is 9.80 Å². The monoisotopic (exact) mass is 199 g/mol. The molecule has 1 aliphatic rings. The van der Waals surface area contributed by atoms with Gasteiger partial charge in [0.15, 0.2) is 0 Å². The normalized spacial score (nSPS) is 19.5. The van der Waals surface area contributed by atoms with E-state index in [9.17, 15) is 14.4 Å². The standard InChI is InChI=1S/C8H13N3O3/c1-10-6(12)5(3-4-9)7(13)11(2)8(10)14/h5H,3-4,9H2,1-2H3. The molecule has 0 spiro atoms.